The Morgan fingerprint density at radius 2 is 1.62 bits per heavy atom. The maximum atomic E-state index is 12.1. The number of carboxylic acids is 1. The fraction of sp³-hybridized carbons (Fsp3) is 0.517. The van der Waals surface area contributed by atoms with Crippen molar-refractivity contribution in [1.29, 1.82) is 0 Å². The summed E-state index contributed by atoms with van der Waals surface area (Å²) in [4.78, 5) is 25.3. The third-order valence-electron chi connectivity index (χ3n) is 7.27. The molecule has 0 bridgehead atoms. The number of hydrogen-bond donors (Lipinski definition) is 3. The van der Waals surface area contributed by atoms with E-state index in [0.717, 1.165) is 36.3 Å². The number of nitrogens with one attached hydrogen (secondary N) is 1. The number of nitrogens with zero attached hydrogens (tertiary/aromatic N) is 1. The van der Waals surface area contributed by atoms with E-state index in [0.29, 0.717) is 12.1 Å². The van der Waals surface area contributed by atoms with Crippen LogP contribution in [-0.2, 0) is 25.7 Å². The van der Waals surface area contributed by atoms with E-state index in [4.69, 9.17) is 14.6 Å². The first-order chi connectivity index (χ1) is 17.9. The number of ether oxygens (including phenoxy) is 2. The fourth-order valence-electron chi connectivity index (χ4n) is 5.07. The van der Waals surface area contributed by atoms with Gasteiger partial charge in [-0.1, -0.05) is 49.7 Å². The molecule has 2 aliphatic heterocycles. The Balaban J connectivity index is 1.47. The molecule has 2 saturated heterocycles. The number of anilines is 1. The van der Waals surface area contributed by atoms with E-state index < -0.39 is 12.3 Å². The van der Waals surface area contributed by atoms with Crippen LogP contribution >= 0.6 is 0 Å². The molecule has 0 aliphatic carbocycles. The number of likely N-dealkylation sites (tertiary alicyclic amines) is 1. The molecule has 3 N–H and O–H groups in total. The Hall–Kier alpha value is -2.78. The number of amides is 1. The van der Waals surface area contributed by atoms with Crippen LogP contribution in [0.3, 0.4) is 0 Å². The van der Waals surface area contributed by atoms with Crippen molar-refractivity contribution in [2.45, 2.75) is 70.6 Å². The van der Waals surface area contributed by atoms with Crippen molar-refractivity contribution in [1.82, 2.24) is 4.90 Å². The normalized spacial score (nSPS) is 24.5. The van der Waals surface area contributed by atoms with Gasteiger partial charge in [0.1, 0.15) is 0 Å². The van der Waals surface area contributed by atoms with Crippen LogP contribution < -0.4 is 5.32 Å². The first-order valence-electron chi connectivity index (χ1n) is 13.3. The maximum Gasteiger partial charge on any atom is 0.303 e. The molecular weight excluding hydrogens is 472 g/mol. The van der Waals surface area contributed by atoms with Gasteiger partial charge in [-0.05, 0) is 55.6 Å². The van der Waals surface area contributed by atoms with Crippen LogP contribution in [0.4, 0.5) is 5.69 Å². The molecule has 0 radical (unpaired) electrons. The molecule has 200 valence electrons. The van der Waals surface area contributed by atoms with Gasteiger partial charge in [0.25, 0.3) is 0 Å². The predicted molar refractivity (Wildman–Crippen MR) is 140 cm³/mol. The number of aliphatic hydroxyl groups excluding tert-OH is 1. The lowest BCUT2D eigenvalue weighted by Gasteiger charge is -2.43. The van der Waals surface area contributed by atoms with Crippen LogP contribution in [0.2, 0.25) is 0 Å². The highest BCUT2D eigenvalue weighted by Crippen LogP contribution is 2.42. The Morgan fingerprint density at radius 3 is 2.27 bits per heavy atom. The fourth-order valence-corrected chi connectivity index (χ4v) is 5.07. The lowest BCUT2D eigenvalue weighted by Crippen LogP contribution is -2.45. The van der Waals surface area contributed by atoms with Gasteiger partial charge in [0.2, 0.25) is 5.91 Å². The molecule has 2 aliphatic rings. The van der Waals surface area contributed by atoms with Gasteiger partial charge in [-0.25, -0.2) is 0 Å². The molecule has 8 nitrogen and oxygen atoms in total. The second-order valence-corrected chi connectivity index (χ2v) is 10.1. The zero-order chi connectivity index (χ0) is 26.2. The summed E-state index contributed by atoms with van der Waals surface area (Å²) in [6, 6.07) is 15.4. The largest absolute Gasteiger partial charge is 0.481 e. The summed E-state index contributed by atoms with van der Waals surface area (Å²) in [6.07, 6.45) is 3.45. The van der Waals surface area contributed by atoms with Gasteiger partial charge in [-0.15, -0.1) is 0 Å². The number of carbonyl (C=O) groups is 2. The van der Waals surface area contributed by atoms with Crippen LogP contribution in [0, 0.1) is 5.92 Å². The lowest BCUT2D eigenvalue weighted by atomic mass is 9.89. The zero-order valence-corrected chi connectivity index (χ0v) is 21.5. The van der Waals surface area contributed by atoms with Crippen molar-refractivity contribution >= 4 is 17.6 Å². The molecule has 0 spiro atoms. The van der Waals surface area contributed by atoms with E-state index in [1.807, 2.05) is 48.5 Å². The number of carboxylic acid groups (broad SMARTS) is 1. The summed E-state index contributed by atoms with van der Waals surface area (Å²) < 4.78 is 13.0. The Morgan fingerprint density at radius 1 is 0.946 bits per heavy atom. The molecule has 4 atom stereocenters. The summed E-state index contributed by atoms with van der Waals surface area (Å²) in [5.74, 6) is -0.969. The van der Waals surface area contributed by atoms with Gasteiger partial charge in [0, 0.05) is 36.6 Å². The predicted octanol–water partition coefficient (Wildman–Crippen LogP) is 4.65. The number of hydrogen-bond acceptors (Lipinski definition) is 6. The van der Waals surface area contributed by atoms with Crippen molar-refractivity contribution in [3.63, 3.8) is 0 Å². The summed E-state index contributed by atoms with van der Waals surface area (Å²) >= 11 is 0. The molecule has 8 heteroatoms. The number of rotatable bonds is 10. The summed E-state index contributed by atoms with van der Waals surface area (Å²) in [6.45, 7) is 5.23. The van der Waals surface area contributed by atoms with E-state index in [1.54, 1.807) is 0 Å². The first-order valence-corrected chi connectivity index (χ1v) is 13.3. The summed E-state index contributed by atoms with van der Waals surface area (Å²) in [5.41, 5.74) is 3.45. The minimum absolute atomic E-state index is 0.00650. The van der Waals surface area contributed by atoms with Crippen LogP contribution in [0.15, 0.2) is 48.5 Å². The summed E-state index contributed by atoms with van der Waals surface area (Å²) in [7, 11) is 0. The van der Waals surface area contributed by atoms with Crippen molar-refractivity contribution in [2.75, 3.05) is 25.0 Å². The van der Waals surface area contributed by atoms with E-state index in [-0.39, 0.29) is 43.5 Å². The van der Waals surface area contributed by atoms with Crippen LogP contribution in [0.1, 0.15) is 74.5 Å². The standard InChI is InChI=1S/C29H38N2O6/c1-20-25(18-31-16-3-2-4-17-31)36-29(37-28(20)22-10-8-21(19-32)9-11-22)23-12-14-24(15-13-23)30-26(33)6-5-7-27(34)35/h8-15,20,25,28-29,32H,2-7,16-19H2,1H3,(H,30,33)(H,34,35)/t20-,25+,28+,29+/m1/s1. The van der Waals surface area contributed by atoms with Gasteiger partial charge in [-0.3, -0.25) is 9.59 Å². The minimum atomic E-state index is -0.903. The van der Waals surface area contributed by atoms with E-state index in [9.17, 15) is 14.7 Å². The van der Waals surface area contributed by atoms with Gasteiger partial charge in [0.15, 0.2) is 6.29 Å². The molecule has 0 unspecified atom stereocenters. The highest BCUT2D eigenvalue weighted by Gasteiger charge is 2.39. The van der Waals surface area contributed by atoms with Gasteiger partial charge >= 0.3 is 5.97 Å². The number of aliphatic hydroxyl groups is 1. The van der Waals surface area contributed by atoms with Gasteiger partial charge < -0.3 is 29.9 Å². The minimum Gasteiger partial charge on any atom is -0.481 e. The molecule has 0 saturated carbocycles. The first kappa shape index (κ1) is 27.3. The van der Waals surface area contributed by atoms with E-state index in [1.165, 1.54) is 19.3 Å². The molecule has 2 aromatic carbocycles. The van der Waals surface area contributed by atoms with Crippen molar-refractivity contribution in [3.05, 3.63) is 65.2 Å². The third kappa shape index (κ3) is 7.61. The average Bonchev–Trinajstić information content (AvgIpc) is 2.91. The van der Waals surface area contributed by atoms with Crippen LogP contribution in [-0.4, -0.2) is 52.7 Å². The second-order valence-electron chi connectivity index (χ2n) is 10.1. The van der Waals surface area contributed by atoms with Crippen molar-refractivity contribution in [2.24, 2.45) is 5.92 Å². The topological polar surface area (TPSA) is 108 Å². The second kappa shape index (κ2) is 13.1. The van der Waals surface area contributed by atoms with E-state index in [2.05, 4.69) is 17.1 Å². The van der Waals surface area contributed by atoms with Crippen molar-refractivity contribution in [3.8, 4) is 0 Å². The smallest absolute Gasteiger partial charge is 0.303 e. The highest BCUT2D eigenvalue weighted by atomic mass is 16.7. The quantitative estimate of drug-likeness (QED) is 0.427. The third-order valence-corrected chi connectivity index (χ3v) is 7.27. The SMILES string of the molecule is C[C@@H]1[C@H](CN2CCCCC2)O[C@H](c2ccc(NC(=O)CCCC(=O)O)cc2)O[C@@H]1c1ccc(CO)cc1. The molecule has 2 aromatic rings. The maximum absolute atomic E-state index is 12.1. The monoisotopic (exact) mass is 510 g/mol. The number of benzene rings is 2. The molecule has 1 amide bonds. The molecule has 4 rings (SSSR count). The highest BCUT2D eigenvalue weighted by molar-refractivity contribution is 5.90. The molecule has 2 fully saturated rings. The Kier molecular flexibility index (Phi) is 9.68. The molecule has 0 aromatic heterocycles. The van der Waals surface area contributed by atoms with Crippen molar-refractivity contribution < 1.29 is 29.3 Å². The Bertz CT molecular complexity index is 1020. The number of aliphatic carboxylic acids is 1. The molecular formula is C29H38N2O6. The van der Waals surface area contributed by atoms with Crippen LogP contribution in [0.25, 0.3) is 0 Å². The van der Waals surface area contributed by atoms with Crippen LogP contribution in [0.5, 0.6) is 0 Å². The van der Waals surface area contributed by atoms with Gasteiger partial charge in [-0.2, -0.15) is 0 Å². The lowest BCUT2D eigenvalue weighted by molar-refractivity contribution is -0.276. The summed E-state index contributed by atoms with van der Waals surface area (Å²) in [5, 5.41) is 21.0. The Labute approximate surface area is 218 Å². The number of piperidine rings is 1. The zero-order valence-electron chi connectivity index (χ0n) is 21.5. The molecule has 2 heterocycles. The van der Waals surface area contributed by atoms with Gasteiger partial charge in [0.05, 0.1) is 18.8 Å². The molecule has 37 heavy (non-hydrogen) atoms. The van der Waals surface area contributed by atoms with E-state index >= 15 is 0 Å². The average molecular weight is 511 g/mol. The number of carbonyl (C=O) groups excluding carboxylic acids is 1.